The molecule has 2 aromatic carbocycles. The highest BCUT2D eigenvalue weighted by molar-refractivity contribution is 5.65. The van der Waals surface area contributed by atoms with Crippen LogP contribution in [-0.4, -0.2) is 29.4 Å². The van der Waals surface area contributed by atoms with Gasteiger partial charge in [-0.15, -0.1) is 5.10 Å². The zero-order valence-electron chi connectivity index (χ0n) is 18.9. The monoisotopic (exact) mass is 460 g/mol. The first-order valence-electron chi connectivity index (χ1n) is 11.4. The molecule has 0 unspecified atom stereocenters. The van der Waals surface area contributed by atoms with Crippen molar-refractivity contribution < 1.29 is 9.15 Å². The summed E-state index contributed by atoms with van der Waals surface area (Å²) in [6.45, 7) is 1.99. The van der Waals surface area contributed by atoms with Crippen molar-refractivity contribution in [2.75, 3.05) is 0 Å². The molecule has 1 atom stereocenters. The lowest BCUT2D eigenvalue weighted by Gasteiger charge is -2.24. The van der Waals surface area contributed by atoms with Crippen molar-refractivity contribution in [1.82, 2.24) is 29.4 Å². The Hall–Kier alpha value is -4.72. The Kier molecular flexibility index (Phi) is 4.32. The number of aromatic nitrogens is 6. The Bertz CT molecular complexity index is 1650. The molecule has 5 heterocycles. The van der Waals surface area contributed by atoms with E-state index in [0.29, 0.717) is 29.7 Å². The second-order valence-electron chi connectivity index (χ2n) is 8.52. The molecule has 0 spiro atoms. The molecule has 35 heavy (non-hydrogen) atoms. The maximum Gasteiger partial charge on any atom is 0.230 e. The van der Waals surface area contributed by atoms with E-state index in [1.165, 1.54) is 0 Å². The van der Waals surface area contributed by atoms with Gasteiger partial charge in [-0.3, -0.25) is 0 Å². The van der Waals surface area contributed by atoms with Gasteiger partial charge >= 0.3 is 0 Å². The molecule has 1 aliphatic rings. The van der Waals surface area contributed by atoms with Crippen molar-refractivity contribution >= 4 is 5.65 Å². The van der Waals surface area contributed by atoms with Gasteiger partial charge in [0.25, 0.3) is 0 Å². The highest BCUT2D eigenvalue weighted by Gasteiger charge is 2.39. The fourth-order valence-electron chi connectivity index (χ4n) is 4.76. The summed E-state index contributed by atoms with van der Waals surface area (Å²) in [5.41, 5.74) is 5.34. The highest BCUT2D eigenvalue weighted by atomic mass is 16.5. The lowest BCUT2D eigenvalue weighted by molar-refractivity contribution is 0.392. The quantitative estimate of drug-likeness (QED) is 0.364. The van der Waals surface area contributed by atoms with E-state index in [2.05, 4.69) is 17.1 Å². The van der Waals surface area contributed by atoms with Gasteiger partial charge in [0.2, 0.25) is 11.8 Å². The molecular formula is C27H20N6O2. The SMILES string of the molecule is Cc1nn(-c2ccccc2)c2c1[C@H](c1ccco1)c1c(ncn3nc(Cc4ccccc4)nc13)O2. The first kappa shape index (κ1) is 19.7. The third-order valence-corrected chi connectivity index (χ3v) is 6.30. The number of benzene rings is 2. The summed E-state index contributed by atoms with van der Waals surface area (Å²) in [5, 5.41) is 9.53. The molecule has 0 aliphatic carbocycles. The smallest absolute Gasteiger partial charge is 0.230 e. The normalized spacial score (nSPS) is 14.5. The van der Waals surface area contributed by atoms with Crippen LogP contribution in [0.1, 0.15) is 39.9 Å². The lowest BCUT2D eigenvalue weighted by Crippen LogP contribution is -2.15. The molecular weight excluding hydrogens is 440 g/mol. The van der Waals surface area contributed by atoms with Gasteiger partial charge in [0.1, 0.15) is 12.1 Å². The molecule has 0 amide bonds. The molecule has 170 valence electrons. The molecule has 6 aromatic rings. The largest absolute Gasteiger partial charge is 0.468 e. The summed E-state index contributed by atoms with van der Waals surface area (Å²) in [7, 11) is 0. The molecule has 4 aromatic heterocycles. The fraction of sp³-hybridized carbons (Fsp3) is 0.111. The topological polar surface area (TPSA) is 83.3 Å². The van der Waals surface area contributed by atoms with Gasteiger partial charge in [0.05, 0.1) is 34.7 Å². The Morgan fingerprint density at radius 3 is 2.46 bits per heavy atom. The third-order valence-electron chi connectivity index (χ3n) is 6.30. The van der Waals surface area contributed by atoms with E-state index in [-0.39, 0.29) is 5.92 Å². The Morgan fingerprint density at radius 1 is 0.886 bits per heavy atom. The van der Waals surface area contributed by atoms with Gasteiger partial charge in [0.15, 0.2) is 11.5 Å². The minimum atomic E-state index is -0.286. The van der Waals surface area contributed by atoms with Gasteiger partial charge in [0, 0.05) is 6.42 Å². The summed E-state index contributed by atoms with van der Waals surface area (Å²) in [5.74, 6) is 2.30. The van der Waals surface area contributed by atoms with Crippen molar-refractivity contribution in [3.8, 4) is 17.4 Å². The molecule has 0 fully saturated rings. The van der Waals surface area contributed by atoms with Crippen LogP contribution < -0.4 is 4.74 Å². The zero-order valence-corrected chi connectivity index (χ0v) is 18.9. The molecule has 8 nitrogen and oxygen atoms in total. The summed E-state index contributed by atoms with van der Waals surface area (Å²) >= 11 is 0. The van der Waals surface area contributed by atoms with Gasteiger partial charge in [-0.2, -0.15) is 5.10 Å². The van der Waals surface area contributed by atoms with Crippen LogP contribution in [0.5, 0.6) is 11.8 Å². The number of nitrogens with zero attached hydrogens (tertiary/aromatic N) is 6. The van der Waals surface area contributed by atoms with E-state index in [1.807, 2.05) is 72.3 Å². The molecule has 0 N–H and O–H groups in total. The van der Waals surface area contributed by atoms with E-state index in [4.69, 9.17) is 24.3 Å². The van der Waals surface area contributed by atoms with Crippen LogP contribution in [0.15, 0.2) is 89.8 Å². The van der Waals surface area contributed by atoms with Gasteiger partial charge in [-0.05, 0) is 36.8 Å². The highest BCUT2D eigenvalue weighted by Crippen LogP contribution is 2.49. The lowest BCUT2D eigenvalue weighted by atomic mass is 9.88. The molecule has 0 radical (unpaired) electrons. The Balaban J connectivity index is 1.43. The zero-order chi connectivity index (χ0) is 23.4. The number of ether oxygens (including phenoxy) is 1. The van der Waals surface area contributed by atoms with Crippen molar-refractivity contribution in [2.45, 2.75) is 19.3 Å². The number of aryl methyl sites for hydroxylation is 1. The van der Waals surface area contributed by atoms with E-state index < -0.39 is 0 Å². The molecule has 0 saturated heterocycles. The maximum atomic E-state index is 6.41. The average Bonchev–Trinajstić information content (AvgIpc) is 3.63. The number of para-hydroxylation sites is 1. The molecule has 0 saturated carbocycles. The van der Waals surface area contributed by atoms with Gasteiger partial charge < -0.3 is 9.15 Å². The molecule has 7 rings (SSSR count). The van der Waals surface area contributed by atoms with Crippen LogP contribution in [0.25, 0.3) is 11.3 Å². The van der Waals surface area contributed by atoms with Crippen LogP contribution in [0.2, 0.25) is 0 Å². The maximum absolute atomic E-state index is 6.41. The summed E-state index contributed by atoms with van der Waals surface area (Å²) in [6, 6.07) is 24.0. The van der Waals surface area contributed by atoms with E-state index in [0.717, 1.165) is 33.8 Å². The predicted molar refractivity (Wildman–Crippen MR) is 128 cm³/mol. The Labute approximate surface area is 200 Å². The number of rotatable bonds is 4. The molecule has 1 aliphatic heterocycles. The number of fused-ring (bicyclic) bond motifs is 4. The number of hydrogen-bond donors (Lipinski definition) is 0. The van der Waals surface area contributed by atoms with Crippen molar-refractivity contribution in [3.05, 3.63) is 119 Å². The standard InChI is InChI=1S/C27H20N6O2/c1-17-22-23(20-13-8-14-34-20)24-25-29-21(15-18-9-4-2-5-10-18)31-32(25)16-28-26(24)35-27(22)33(30-17)19-11-6-3-7-12-19/h2-14,16,23H,15H2,1H3/t23-/m0/s1. The minimum absolute atomic E-state index is 0.286. The van der Waals surface area contributed by atoms with Crippen LogP contribution in [-0.2, 0) is 6.42 Å². The van der Waals surface area contributed by atoms with E-state index in [1.54, 1.807) is 17.1 Å². The number of furan rings is 1. The van der Waals surface area contributed by atoms with Crippen LogP contribution in [0.4, 0.5) is 0 Å². The van der Waals surface area contributed by atoms with Crippen LogP contribution >= 0.6 is 0 Å². The summed E-state index contributed by atoms with van der Waals surface area (Å²) in [6.07, 6.45) is 3.95. The van der Waals surface area contributed by atoms with E-state index in [9.17, 15) is 0 Å². The van der Waals surface area contributed by atoms with Gasteiger partial charge in [-0.1, -0.05) is 48.5 Å². The van der Waals surface area contributed by atoms with Crippen LogP contribution in [0, 0.1) is 6.92 Å². The average molecular weight is 460 g/mol. The summed E-state index contributed by atoms with van der Waals surface area (Å²) < 4.78 is 15.9. The van der Waals surface area contributed by atoms with Crippen molar-refractivity contribution in [2.24, 2.45) is 0 Å². The number of hydrogen-bond acceptors (Lipinski definition) is 6. The third kappa shape index (κ3) is 3.14. The first-order chi connectivity index (χ1) is 17.3. The van der Waals surface area contributed by atoms with Crippen molar-refractivity contribution in [3.63, 3.8) is 0 Å². The molecule has 8 heteroatoms. The minimum Gasteiger partial charge on any atom is -0.468 e. The molecule has 0 bridgehead atoms. The second kappa shape index (κ2) is 7.66. The first-order valence-corrected chi connectivity index (χ1v) is 11.4. The summed E-state index contributed by atoms with van der Waals surface area (Å²) in [4.78, 5) is 9.54. The second-order valence-corrected chi connectivity index (χ2v) is 8.52. The Morgan fingerprint density at radius 2 is 1.69 bits per heavy atom. The van der Waals surface area contributed by atoms with Crippen molar-refractivity contribution in [1.29, 1.82) is 0 Å². The van der Waals surface area contributed by atoms with Gasteiger partial charge in [-0.25, -0.2) is 19.2 Å². The van der Waals surface area contributed by atoms with Crippen LogP contribution in [0.3, 0.4) is 0 Å². The fourth-order valence-corrected chi connectivity index (χ4v) is 4.76. The van der Waals surface area contributed by atoms with E-state index >= 15 is 0 Å². The predicted octanol–water partition coefficient (Wildman–Crippen LogP) is 5.09.